The fourth-order valence-electron chi connectivity index (χ4n) is 1.05. The van der Waals surface area contributed by atoms with Crippen LogP contribution in [0.4, 0.5) is 23.2 Å². The predicted octanol–water partition coefficient (Wildman–Crippen LogP) is 1.74. The van der Waals surface area contributed by atoms with E-state index in [1.165, 1.54) is 19.0 Å². The second kappa shape index (κ2) is 5.03. The molecule has 1 rings (SSSR count). The van der Waals surface area contributed by atoms with Crippen LogP contribution >= 0.6 is 0 Å². The number of hydrogen-bond donors (Lipinski definition) is 1. The van der Waals surface area contributed by atoms with Gasteiger partial charge in [0, 0.05) is 20.2 Å². The third-order valence-electron chi connectivity index (χ3n) is 2.03. The van der Waals surface area contributed by atoms with E-state index in [1.54, 1.807) is 0 Å². The Bertz CT molecular complexity index is 422. The average Bonchev–Trinajstić information content (AvgIpc) is 2.26. The number of hydrogen-bond acceptors (Lipinski definition) is 2. The van der Waals surface area contributed by atoms with E-state index in [-0.39, 0.29) is 6.07 Å². The number of halogens is 4. The Hall–Kier alpha value is -1.79. The number of benzene rings is 1. The van der Waals surface area contributed by atoms with Crippen LogP contribution in [-0.2, 0) is 4.79 Å². The molecule has 0 radical (unpaired) electrons. The molecule has 0 saturated carbocycles. The minimum atomic E-state index is -1.56. The molecule has 1 N–H and O–H groups in total. The van der Waals surface area contributed by atoms with Gasteiger partial charge in [-0.1, -0.05) is 0 Å². The number of nitrogens with one attached hydrogen (secondary N) is 1. The summed E-state index contributed by atoms with van der Waals surface area (Å²) in [6.07, 6.45) is 0. The van der Waals surface area contributed by atoms with Crippen LogP contribution in [0.1, 0.15) is 0 Å². The molecule has 0 unspecified atom stereocenters. The topological polar surface area (TPSA) is 32.3 Å². The predicted molar refractivity (Wildman–Crippen MR) is 53.5 cm³/mol. The second-order valence-corrected chi connectivity index (χ2v) is 3.48. The lowest BCUT2D eigenvalue weighted by molar-refractivity contribution is -0.126. The van der Waals surface area contributed by atoms with Crippen LogP contribution < -0.4 is 5.32 Å². The van der Waals surface area contributed by atoms with Crippen LogP contribution in [0.2, 0.25) is 0 Å². The summed E-state index contributed by atoms with van der Waals surface area (Å²) in [6.45, 7) is -0.469. The van der Waals surface area contributed by atoms with Gasteiger partial charge in [-0.3, -0.25) is 4.79 Å². The Morgan fingerprint density at radius 3 is 2.06 bits per heavy atom. The van der Waals surface area contributed by atoms with E-state index in [2.05, 4.69) is 0 Å². The summed E-state index contributed by atoms with van der Waals surface area (Å²) in [5, 5.41) is 2.02. The zero-order chi connectivity index (χ0) is 13.2. The summed E-state index contributed by atoms with van der Waals surface area (Å²) in [4.78, 5) is 12.3. The fourth-order valence-corrected chi connectivity index (χ4v) is 1.05. The monoisotopic (exact) mass is 250 g/mol. The lowest BCUT2D eigenvalue weighted by Crippen LogP contribution is -2.29. The van der Waals surface area contributed by atoms with E-state index in [0.717, 1.165) is 0 Å². The third kappa shape index (κ3) is 2.86. The molecular formula is C10H10F4N2O. The Morgan fingerprint density at radius 1 is 1.18 bits per heavy atom. The van der Waals surface area contributed by atoms with Crippen molar-refractivity contribution in [1.82, 2.24) is 4.90 Å². The zero-order valence-corrected chi connectivity index (χ0v) is 9.15. The van der Waals surface area contributed by atoms with Crippen molar-refractivity contribution in [3.05, 3.63) is 29.3 Å². The number of carbonyl (C=O) groups excluding carboxylic acids is 1. The number of carbonyl (C=O) groups is 1. The second-order valence-electron chi connectivity index (χ2n) is 3.48. The number of amides is 1. The van der Waals surface area contributed by atoms with Crippen molar-refractivity contribution in [3.63, 3.8) is 0 Å². The molecule has 1 aromatic carbocycles. The van der Waals surface area contributed by atoms with Crippen molar-refractivity contribution in [1.29, 1.82) is 0 Å². The number of anilines is 1. The van der Waals surface area contributed by atoms with E-state index in [9.17, 15) is 22.4 Å². The number of nitrogens with zero attached hydrogens (tertiary/aromatic N) is 1. The van der Waals surface area contributed by atoms with Crippen molar-refractivity contribution in [2.24, 2.45) is 0 Å². The van der Waals surface area contributed by atoms with Gasteiger partial charge in [0.2, 0.25) is 5.91 Å². The van der Waals surface area contributed by atoms with Crippen LogP contribution in [0.5, 0.6) is 0 Å². The Morgan fingerprint density at radius 2 is 1.65 bits per heavy atom. The minimum absolute atomic E-state index is 0.101. The van der Waals surface area contributed by atoms with Crippen LogP contribution in [0.25, 0.3) is 0 Å². The molecule has 1 aromatic rings. The SMILES string of the molecule is CN(C)C(=O)CNc1c(F)c(F)cc(F)c1F. The first kappa shape index (κ1) is 13.3. The zero-order valence-electron chi connectivity index (χ0n) is 9.15. The molecule has 0 saturated heterocycles. The molecule has 0 bridgehead atoms. The van der Waals surface area contributed by atoms with E-state index < -0.39 is 41.4 Å². The van der Waals surface area contributed by atoms with Gasteiger partial charge in [0.1, 0.15) is 5.69 Å². The normalized spacial score (nSPS) is 10.2. The van der Waals surface area contributed by atoms with Crippen LogP contribution in [-0.4, -0.2) is 31.4 Å². The molecule has 0 heterocycles. The smallest absolute Gasteiger partial charge is 0.241 e. The highest BCUT2D eigenvalue weighted by atomic mass is 19.2. The molecule has 0 aliphatic carbocycles. The Kier molecular flexibility index (Phi) is 3.93. The molecule has 94 valence electrons. The third-order valence-corrected chi connectivity index (χ3v) is 2.03. The van der Waals surface area contributed by atoms with Crippen molar-refractivity contribution in [2.75, 3.05) is 26.0 Å². The molecule has 0 aliphatic heterocycles. The average molecular weight is 250 g/mol. The highest BCUT2D eigenvalue weighted by Crippen LogP contribution is 2.23. The van der Waals surface area contributed by atoms with Gasteiger partial charge in [-0.15, -0.1) is 0 Å². The lowest BCUT2D eigenvalue weighted by atomic mass is 10.2. The van der Waals surface area contributed by atoms with E-state index in [1.807, 2.05) is 5.32 Å². The quantitative estimate of drug-likeness (QED) is 0.654. The molecule has 0 aromatic heterocycles. The van der Waals surface area contributed by atoms with E-state index >= 15 is 0 Å². The van der Waals surface area contributed by atoms with Gasteiger partial charge in [0.15, 0.2) is 23.3 Å². The van der Waals surface area contributed by atoms with Crippen LogP contribution in [0.3, 0.4) is 0 Å². The summed E-state index contributed by atoms with van der Waals surface area (Å²) in [5.41, 5.74) is -0.988. The lowest BCUT2D eigenvalue weighted by Gasteiger charge is -2.13. The Labute approximate surface area is 95.0 Å². The molecule has 17 heavy (non-hydrogen) atoms. The van der Waals surface area contributed by atoms with Crippen molar-refractivity contribution < 1.29 is 22.4 Å². The van der Waals surface area contributed by atoms with E-state index in [0.29, 0.717) is 0 Å². The van der Waals surface area contributed by atoms with Crippen LogP contribution in [0.15, 0.2) is 6.07 Å². The van der Waals surface area contributed by atoms with Gasteiger partial charge in [-0.05, 0) is 0 Å². The Balaban J connectivity index is 2.95. The summed E-state index contributed by atoms with van der Waals surface area (Å²) in [7, 11) is 2.87. The molecule has 7 heteroatoms. The highest BCUT2D eigenvalue weighted by molar-refractivity contribution is 5.80. The molecule has 0 atom stereocenters. The fraction of sp³-hybridized carbons (Fsp3) is 0.300. The van der Waals surface area contributed by atoms with Crippen LogP contribution in [0, 0.1) is 23.3 Å². The van der Waals surface area contributed by atoms with Crippen molar-refractivity contribution >= 4 is 11.6 Å². The standard InChI is InChI=1S/C10H10F4N2O/c1-16(2)7(17)4-15-10-8(13)5(11)3-6(12)9(10)14/h3,15H,4H2,1-2H3. The first-order valence-corrected chi connectivity index (χ1v) is 4.61. The summed E-state index contributed by atoms with van der Waals surface area (Å²) in [5.74, 6) is -6.66. The molecule has 1 amide bonds. The highest BCUT2D eigenvalue weighted by Gasteiger charge is 2.19. The van der Waals surface area contributed by atoms with E-state index in [4.69, 9.17) is 0 Å². The largest absolute Gasteiger partial charge is 0.371 e. The summed E-state index contributed by atoms with van der Waals surface area (Å²) < 4.78 is 51.8. The maximum Gasteiger partial charge on any atom is 0.241 e. The van der Waals surface area contributed by atoms with Gasteiger partial charge < -0.3 is 10.2 Å². The molecule has 3 nitrogen and oxygen atoms in total. The first-order chi connectivity index (χ1) is 7.84. The molecule has 0 aliphatic rings. The minimum Gasteiger partial charge on any atom is -0.371 e. The van der Waals surface area contributed by atoms with Crippen molar-refractivity contribution in [3.8, 4) is 0 Å². The summed E-state index contributed by atoms with van der Waals surface area (Å²) >= 11 is 0. The van der Waals surface area contributed by atoms with Gasteiger partial charge in [-0.25, -0.2) is 17.6 Å². The maximum absolute atomic E-state index is 13.1. The molecule has 0 fully saturated rings. The maximum atomic E-state index is 13.1. The first-order valence-electron chi connectivity index (χ1n) is 4.61. The molecule has 0 spiro atoms. The van der Waals surface area contributed by atoms with Gasteiger partial charge >= 0.3 is 0 Å². The summed E-state index contributed by atoms with van der Waals surface area (Å²) in [6, 6.07) is 0.101. The van der Waals surface area contributed by atoms with Gasteiger partial charge in [-0.2, -0.15) is 0 Å². The van der Waals surface area contributed by atoms with Crippen molar-refractivity contribution in [2.45, 2.75) is 0 Å². The van der Waals surface area contributed by atoms with Gasteiger partial charge in [0.05, 0.1) is 6.54 Å². The molecular weight excluding hydrogens is 240 g/mol. The van der Waals surface area contributed by atoms with Gasteiger partial charge in [0.25, 0.3) is 0 Å². The number of likely N-dealkylation sites (N-methyl/N-ethyl adjacent to an activating group) is 1. The number of rotatable bonds is 3.